The minimum atomic E-state index is -0.00714. The van der Waals surface area contributed by atoms with Crippen LogP contribution in [0.15, 0.2) is 60.3 Å². The van der Waals surface area contributed by atoms with Crippen molar-refractivity contribution in [2.75, 3.05) is 5.32 Å². The number of para-hydroxylation sites is 1. The second-order valence-corrected chi connectivity index (χ2v) is 4.61. The second kappa shape index (κ2) is 6.88. The lowest BCUT2D eigenvalue weighted by Gasteiger charge is -2.10. The van der Waals surface area contributed by atoms with Crippen LogP contribution in [0.4, 0.5) is 5.69 Å². The summed E-state index contributed by atoms with van der Waals surface area (Å²) in [5.41, 5.74) is 3.16. The van der Waals surface area contributed by atoms with Gasteiger partial charge in [0.1, 0.15) is 17.7 Å². The number of rotatable bonds is 4. The normalized spacial score (nSPS) is 9.23. The average molecular weight is 287 g/mol. The minimum absolute atomic E-state index is 0.00318. The molecule has 2 rings (SSSR count). The summed E-state index contributed by atoms with van der Waals surface area (Å²) in [6.07, 6.45) is 1.37. The molecule has 0 aliphatic heterocycles. The smallest absolute Gasteiger partial charge is 0.159 e. The Bertz CT molecular complexity index is 807. The predicted octanol–water partition coefficient (Wildman–Crippen LogP) is 3.90. The van der Waals surface area contributed by atoms with E-state index in [9.17, 15) is 4.79 Å². The van der Waals surface area contributed by atoms with Crippen LogP contribution in [0.25, 0.3) is 11.1 Å². The van der Waals surface area contributed by atoms with Crippen LogP contribution < -0.4 is 5.32 Å². The van der Waals surface area contributed by atoms with Gasteiger partial charge >= 0.3 is 0 Å². The standard InChI is InChI=1S/C18H13N3O/c1-13(22)15-5-4-6-16(9-15)17-7-2-3-8-18(17)21-12-14(10-19)11-20/h2-9,12,21H,1H3. The maximum atomic E-state index is 11.5. The lowest BCUT2D eigenvalue weighted by atomic mass is 10.00. The molecule has 0 heterocycles. The van der Waals surface area contributed by atoms with E-state index in [0.717, 1.165) is 16.8 Å². The molecule has 106 valence electrons. The first kappa shape index (κ1) is 15.0. The van der Waals surface area contributed by atoms with E-state index in [2.05, 4.69) is 5.32 Å². The van der Waals surface area contributed by atoms with E-state index < -0.39 is 0 Å². The number of ketones is 1. The second-order valence-electron chi connectivity index (χ2n) is 4.61. The molecule has 2 aromatic carbocycles. The summed E-state index contributed by atoms with van der Waals surface area (Å²) in [5.74, 6) is 0.00318. The molecular formula is C18H13N3O. The monoisotopic (exact) mass is 287 g/mol. The Morgan fingerprint density at radius 1 is 1.09 bits per heavy atom. The van der Waals surface area contributed by atoms with Gasteiger partial charge in [0.25, 0.3) is 0 Å². The number of Topliss-reactive ketones (excluding diaryl/α,β-unsaturated/α-hetero) is 1. The molecule has 0 aliphatic rings. The van der Waals surface area contributed by atoms with Gasteiger partial charge in [0.15, 0.2) is 5.78 Å². The Labute approximate surface area is 128 Å². The fraction of sp³-hybridized carbons (Fsp3) is 0.0556. The van der Waals surface area contributed by atoms with Gasteiger partial charge in [-0.25, -0.2) is 0 Å². The average Bonchev–Trinajstić information content (AvgIpc) is 2.56. The Balaban J connectivity index is 2.43. The molecule has 0 radical (unpaired) electrons. The third-order valence-electron chi connectivity index (χ3n) is 3.12. The van der Waals surface area contributed by atoms with Crippen molar-refractivity contribution < 1.29 is 4.79 Å². The summed E-state index contributed by atoms with van der Waals surface area (Å²) in [7, 11) is 0. The van der Waals surface area contributed by atoms with Crippen molar-refractivity contribution in [1.29, 1.82) is 10.5 Å². The van der Waals surface area contributed by atoms with Crippen LogP contribution >= 0.6 is 0 Å². The minimum Gasteiger partial charge on any atom is -0.359 e. The molecule has 0 saturated heterocycles. The maximum absolute atomic E-state index is 11.5. The molecule has 0 amide bonds. The molecule has 0 saturated carbocycles. The fourth-order valence-corrected chi connectivity index (χ4v) is 2.01. The van der Waals surface area contributed by atoms with Gasteiger partial charge in [-0.1, -0.05) is 36.4 Å². The third kappa shape index (κ3) is 3.39. The van der Waals surface area contributed by atoms with E-state index >= 15 is 0 Å². The lowest BCUT2D eigenvalue weighted by Crippen LogP contribution is -1.95. The highest BCUT2D eigenvalue weighted by atomic mass is 16.1. The van der Waals surface area contributed by atoms with Crippen molar-refractivity contribution in [3.05, 3.63) is 65.9 Å². The molecule has 0 spiro atoms. The maximum Gasteiger partial charge on any atom is 0.159 e. The number of carbonyl (C=O) groups is 1. The van der Waals surface area contributed by atoms with Crippen LogP contribution in [0.5, 0.6) is 0 Å². The van der Waals surface area contributed by atoms with Gasteiger partial charge in [-0.3, -0.25) is 4.79 Å². The van der Waals surface area contributed by atoms with E-state index in [1.54, 1.807) is 18.2 Å². The third-order valence-corrected chi connectivity index (χ3v) is 3.12. The molecule has 0 aliphatic carbocycles. The number of benzene rings is 2. The summed E-state index contributed by atoms with van der Waals surface area (Å²) in [6, 6.07) is 18.4. The van der Waals surface area contributed by atoms with Gasteiger partial charge in [0.05, 0.1) is 0 Å². The molecule has 0 unspecified atom stereocenters. The number of anilines is 1. The highest BCUT2D eigenvalue weighted by Gasteiger charge is 2.06. The molecular weight excluding hydrogens is 274 g/mol. The number of hydrogen-bond acceptors (Lipinski definition) is 4. The van der Waals surface area contributed by atoms with Crippen LogP contribution in [0.3, 0.4) is 0 Å². The molecule has 22 heavy (non-hydrogen) atoms. The van der Waals surface area contributed by atoms with Gasteiger partial charge in [-0.2, -0.15) is 10.5 Å². The summed E-state index contributed by atoms with van der Waals surface area (Å²) in [4.78, 5) is 11.5. The number of nitriles is 2. The highest BCUT2D eigenvalue weighted by Crippen LogP contribution is 2.28. The van der Waals surface area contributed by atoms with E-state index in [1.165, 1.54) is 13.1 Å². The van der Waals surface area contributed by atoms with Gasteiger partial charge < -0.3 is 5.32 Å². The van der Waals surface area contributed by atoms with Crippen LogP contribution in [0.1, 0.15) is 17.3 Å². The SMILES string of the molecule is CC(=O)c1cccc(-c2ccccc2NC=C(C#N)C#N)c1. The van der Waals surface area contributed by atoms with Crippen LogP contribution in [-0.2, 0) is 0 Å². The molecule has 0 fully saturated rings. The number of nitrogens with zero attached hydrogens (tertiary/aromatic N) is 2. The molecule has 4 heteroatoms. The first-order chi connectivity index (χ1) is 10.7. The van der Waals surface area contributed by atoms with Crippen molar-refractivity contribution >= 4 is 11.5 Å². The summed E-state index contributed by atoms with van der Waals surface area (Å²) >= 11 is 0. The largest absolute Gasteiger partial charge is 0.359 e. The van der Waals surface area contributed by atoms with Crippen molar-refractivity contribution in [3.8, 4) is 23.3 Å². The van der Waals surface area contributed by atoms with Gasteiger partial charge in [-0.05, 0) is 24.6 Å². The van der Waals surface area contributed by atoms with Crippen LogP contribution in [0.2, 0.25) is 0 Å². The fourth-order valence-electron chi connectivity index (χ4n) is 2.01. The predicted molar refractivity (Wildman–Crippen MR) is 84.8 cm³/mol. The Kier molecular flexibility index (Phi) is 4.70. The van der Waals surface area contributed by atoms with Gasteiger partial charge in [-0.15, -0.1) is 0 Å². The number of hydrogen-bond donors (Lipinski definition) is 1. The van der Waals surface area contributed by atoms with Crippen LogP contribution in [-0.4, -0.2) is 5.78 Å². The van der Waals surface area contributed by atoms with Crippen LogP contribution in [0, 0.1) is 22.7 Å². The Morgan fingerprint density at radius 3 is 2.50 bits per heavy atom. The lowest BCUT2D eigenvalue weighted by molar-refractivity contribution is 0.101. The van der Waals surface area contributed by atoms with Crippen molar-refractivity contribution in [3.63, 3.8) is 0 Å². The molecule has 0 aromatic heterocycles. The van der Waals surface area contributed by atoms with E-state index in [1.807, 2.05) is 42.5 Å². The zero-order valence-corrected chi connectivity index (χ0v) is 12.0. The van der Waals surface area contributed by atoms with Crippen molar-refractivity contribution in [1.82, 2.24) is 0 Å². The van der Waals surface area contributed by atoms with E-state index in [0.29, 0.717) is 5.56 Å². The molecule has 0 atom stereocenters. The topological polar surface area (TPSA) is 76.7 Å². The Morgan fingerprint density at radius 2 is 1.82 bits per heavy atom. The molecule has 4 nitrogen and oxygen atoms in total. The van der Waals surface area contributed by atoms with E-state index in [4.69, 9.17) is 10.5 Å². The molecule has 1 N–H and O–H groups in total. The van der Waals surface area contributed by atoms with Crippen molar-refractivity contribution in [2.45, 2.75) is 6.92 Å². The zero-order valence-electron chi connectivity index (χ0n) is 12.0. The first-order valence-electron chi connectivity index (χ1n) is 6.63. The quantitative estimate of drug-likeness (QED) is 0.683. The number of allylic oxidation sites excluding steroid dienone is 1. The number of carbonyl (C=O) groups excluding carboxylic acids is 1. The first-order valence-corrected chi connectivity index (χ1v) is 6.63. The Hall–Kier alpha value is -3.37. The summed E-state index contributed by atoms with van der Waals surface area (Å²) in [6.45, 7) is 1.53. The molecule has 0 bridgehead atoms. The highest BCUT2D eigenvalue weighted by molar-refractivity contribution is 5.95. The number of nitrogens with one attached hydrogen (secondary N) is 1. The molecule has 2 aromatic rings. The van der Waals surface area contributed by atoms with E-state index in [-0.39, 0.29) is 11.4 Å². The summed E-state index contributed by atoms with van der Waals surface area (Å²) < 4.78 is 0. The summed E-state index contributed by atoms with van der Waals surface area (Å²) in [5, 5.41) is 20.5. The zero-order chi connectivity index (χ0) is 15.9. The van der Waals surface area contributed by atoms with Gasteiger partial charge in [0, 0.05) is 23.0 Å². The van der Waals surface area contributed by atoms with Crippen molar-refractivity contribution in [2.24, 2.45) is 0 Å². The van der Waals surface area contributed by atoms with Gasteiger partial charge in [0.2, 0.25) is 0 Å².